The van der Waals surface area contributed by atoms with Crippen LogP contribution in [0, 0.1) is 0 Å². The van der Waals surface area contributed by atoms with Gasteiger partial charge in [-0.05, 0) is 55.5 Å². The molecule has 2 aromatic heterocycles. The molecule has 8 nitrogen and oxygen atoms in total. The molecule has 1 N–H and O–H groups in total. The molecular formula is C27H31N5O3. The third-order valence-corrected chi connectivity index (χ3v) is 7.11. The Labute approximate surface area is 205 Å². The summed E-state index contributed by atoms with van der Waals surface area (Å²) in [6.07, 6.45) is 10.0. The number of pyridine rings is 1. The minimum Gasteiger partial charge on any atom is -0.497 e. The third-order valence-electron chi connectivity index (χ3n) is 7.11. The molecule has 0 spiro atoms. The average Bonchev–Trinajstić information content (AvgIpc) is 3.43. The highest BCUT2D eigenvalue weighted by Gasteiger charge is 2.44. The van der Waals surface area contributed by atoms with Crippen LogP contribution < -0.4 is 10.1 Å². The van der Waals surface area contributed by atoms with Gasteiger partial charge in [0.25, 0.3) is 5.91 Å². The second-order valence-corrected chi connectivity index (χ2v) is 9.47. The number of hydrogen-bond acceptors (Lipinski definition) is 5. The Balaban J connectivity index is 1.46. The minimum atomic E-state index is -0.0328. The highest BCUT2D eigenvalue weighted by Crippen LogP contribution is 2.34. The molecule has 1 aromatic carbocycles. The first-order valence-electron chi connectivity index (χ1n) is 12.2. The van der Waals surface area contributed by atoms with Crippen LogP contribution in [0.2, 0.25) is 0 Å². The van der Waals surface area contributed by atoms with Crippen LogP contribution in [0.1, 0.15) is 48.0 Å². The molecule has 2 fully saturated rings. The van der Waals surface area contributed by atoms with Crippen molar-refractivity contribution in [2.75, 3.05) is 7.11 Å². The number of rotatable bonds is 5. The number of aromatic nitrogens is 3. The van der Waals surface area contributed by atoms with E-state index in [-0.39, 0.29) is 29.9 Å². The molecule has 0 aliphatic carbocycles. The molecule has 0 radical (unpaired) electrons. The van der Waals surface area contributed by atoms with Gasteiger partial charge in [-0.3, -0.25) is 19.3 Å². The summed E-state index contributed by atoms with van der Waals surface area (Å²) in [5.74, 6) is 0.875. The van der Waals surface area contributed by atoms with E-state index in [4.69, 9.17) is 4.74 Å². The van der Waals surface area contributed by atoms with Gasteiger partial charge in [0.05, 0.1) is 31.1 Å². The maximum atomic E-state index is 14.0. The maximum Gasteiger partial charge on any atom is 0.254 e. The summed E-state index contributed by atoms with van der Waals surface area (Å²) in [7, 11) is 3.51. The summed E-state index contributed by atoms with van der Waals surface area (Å²) in [5, 5.41) is 7.44. The smallest absolute Gasteiger partial charge is 0.254 e. The number of fused-ring (bicyclic) bond motifs is 1. The Bertz CT molecular complexity index is 1210. The lowest BCUT2D eigenvalue weighted by Crippen LogP contribution is -2.49. The van der Waals surface area contributed by atoms with Gasteiger partial charge in [-0.1, -0.05) is 18.6 Å². The molecule has 0 saturated carbocycles. The van der Waals surface area contributed by atoms with E-state index in [1.807, 2.05) is 48.5 Å². The van der Waals surface area contributed by atoms with Crippen molar-refractivity contribution in [3.63, 3.8) is 0 Å². The van der Waals surface area contributed by atoms with E-state index in [1.165, 1.54) is 0 Å². The number of likely N-dealkylation sites (tertiary alicyclic amines) is 1. The number of ether oxygens (including phenoxy) is 1. The highest BCUT2D eigenvalue weighted by molar-refractivity contribution is 5.96. The lowest BCUT2D eigenvalue weighted by Gasteiger charge is -2.33. The Hall–Kier alpha value is -3.68. The van der Waals surface area contributed by atoms with Crippen LogP contribution in [0.15, 0.2) is 55.0 Å². The highest BCUT2D eigenvalue weighted by atomic mass is 16.5. The zero-order valence-electron chi connectivity index (χ0n) is 20.2. The van der Waals surface area contributed by atoms with Crippen LogP contribution in [-0.4, -0.2) is 56.7 Å². The van der Waals surface area contributed by atoms with Crippen LogP contribution in [0.5, 0.6) is 5.75 Å². The number of methoxy groups -OCH3 is 1. The van der Waals surface area contributed by atoms with E-state index in [2.05, 4.69) is 15.4 Å². The fraction of sp³-hybridized carbons (Fsp3) is 0.407. The summed E-state index contributed by atoms with van der Waals surface area (Å²) < 4.78 is 7.02. The molecule has 3 atom stereocenters. The number of hydrogen-bond donors (Lipinski definition) is 1. The van der Waals surface area contributed by atoms with E-state index in [9.17, 15) is 9.59 Å². The standard InChI is InChI=1S/C27H31N5O3/c1-31-17-20(16-29-31)23-14-19(11-12-28-23)27(34)32-21(13-18-7-9-22(35-2)10-8-18)15-24-25(32)5-3-4-6-26(33)30-24/h7-12,14,16-17,21,24-25H,3-6,13,15H2,1-2H3,(H,30,33)/t21-,24+,25-/m1/s1. The number of carbonyl (C=O) groups is 2. The molecule has 5 rings (SSSR count). The predicted molar refractivity (Wildman–Crippen MR) is 132 cm³/mol. The van der Waals surface area contributed by atoms with Crippen LogP contribution in [-0.2, 0) is 18.3 Å². The summed E-state index contributed by atoms with van der Waals surface area (Å²) >= 11 is 0. The van der Waals surface area contributed by atoms with E-state index < -0.39 is 0 Å². The average molecular weight is 474 g/mol. The van der Waals surface area contributed by atoms with Gasteiger partial charge in [-0.25, -0.2) is 0 Å². The SMILES string of the molecule is COc1ccc(C[C@@H]2C[C@@H]3NC(=O)CCCC[C@H]3N2C(=O)c2ccnc(-c3cnn(C)c3)c2)cc1. The topological polar surface area (TPSA) is 89.3 Å². The molecule has 35 heavy (non-hydrogen) atoms. The van der Waals surface area contributed by atoms with Crippen LogP contribution in [0.25, 0.3) is 11.3 Å². The molecular weight excluding hydrogens is 442 g/mol. The summed E-state index contributed by atoms with van der Waals surface area (Å²) in [5.41, 5.74) is 3.33. The van der Waals surface area contributed by atoms with Crippen molar-refractivity contribution < 1.29 is 14.3 Å². The number of carbonyl (C=O) groups excluding carboxylic acids is 2. The molecule has 2 amide bonds. The minimum absolute atomic E-state index is 0.0145. The molecule has 182 valence electrons. The first-order chi connectivity index (χ1) is 17.0. The largest absolute Gasteiger partial charge is 0.497 e. The molecule has 2 saturated heterocycles. The second-order valence-electron chi connectivity index (χ2n) is 9.47. The van der Waals surface area contributed by atoms with Gasteiger partial charge >= 0.3 is 0 Å². The van der Waals surface area contributed by atoms with Crippen molar-refractivity contribution in [1.82, 2.24) is 25.0 Å². The maximum absolute atomic E-state index is 14.0. The van der Waals surface area contributed by atoms with Gasteiger partial charge in [-0.2, -0.15) is 5.10 Å². The molecule has 0 unspecified atom stereocenters. The third kappa shape index (κ3) is 4.92. The number of nitrogens with zero attached hydrogens (tertiary/aromatic N) is 4. The first kappa shape index (κ1) is 23.1. The van der Waals surface area contributed by atoms with Crippen molar-refractivity contribution in [1.29, 1.82) is 0 Å². The van der Waals surface area contributed by atoms with Gasteiger partial charge in [-0.15, -0.1) is 0 Å². The Morgan fingerprint density at radius 1 is 1.20 bits per heavy atom. The van der Waals surface area contributed by atoms with E-state index in [0.29, 0.717) is 12.0 Å². The van der Waals surface area contributed by atoms with E-state index >= 15 is 0 Å². The summed E-state index contributed by atoms with van der Waals surface area (Å²) in [6, 6.07) is 11.6. The van der Waals surface area contributed by atoms with Crippen molar-refractivity contribution in [3.05, 3.63) is 66.1 Å². The zero-order valence-corrected chi connectivity index (χ0v) is 20.2. The van der Waals surface area contributed by atoms with Crippen LogP contribution >= 0.6 is 0 Å². The van der Waals surface area contributed by atoms with Crippen molar-refractivity contribution in [2.24, 2.45) is 7.05 Å². The normalized spacial score (nSPS) is 22.2. The van der Waals surface area contributed by atoms with Gasteiger partial charge in [0, 0.05) is 43.0 Å². The number of aryl methyl sites for hydroxylation is 1. The molecule has 3 aromatic rings. The summed E-state index contributed by atoms with van der Waals surface area (Å²) in [4.78, 5) is 32.9. The fourth-order valence-corrected chi connectivity index (χ4v) is 5.40. The van der Waals surface area contributed by atoms with E-state index in [0.717, 1.165) is 54.7 Å². The lowest BCUT2D eigenvalue weighted by molar-refractivity contribution is -0.122. The summed E-state index contributed by atoms with van der Waals surface area (Å²) in [6.45, 7) is 0. The van der Waals surface area contributed by atoms with Crippen molar-refractivity contribution >= 4 is 11.8 Å². The Morgan fingerprint density at radius 2 is 2.03 bits per heavy atom. The van der Waals surface area contributed by atoms with Crippen LogP contribution in [0.4, 0.5) is 0 Å². The second kappa shape index (κ2) is 9.90. The van der Waals surface area contributed by atoms with Crippen molar-refractivity contribution in [3.8, 4) is 17.0 Å². The molecule has 0 bridgehead atoms. The quantitative estimate of drug-likeness (QED) is 0.614. The van der Waals surface area contributed by atoms with Crippen LogP contribution in [0.3, 0.4) is 0 Å². The zero-order chi connectivity index (χ0) is 24.4. The molecule has 8 heteroatoms. The molecule has 4 heterocycles. The first-order valence-corrected chi connectivity index (χ1v) is 12.2. The van der Waals surface area contributed by atoms with Gasteiger partial charge < -0.3 is 15.0 Å². The molecule has 2 aliphatic heterocycles. The van der Waals surface area contributed by atoms with Gasteiger partial charge in [0.15, 0.2) is 0 Å². The monoisotopic (exact) mass is 473 g/mol. The van der Waals surface area contributed by atoms with Gasteiger partial charge in [0.2, 0.25) is 5.91 Å². The van der Waals surface area contributed by atoms with E-state index in [1.54, 1.807) is 30.3 Å². The predicted octanol–water partition coefficient (Wildman–Crippen LogP) is 3.38. The lowest BCUT2D eigenvalue weighted by atomic mass is 9.97. The fourth-order valence-electron chi connectivity index (χ4n) is 5.40. The number of benzene rings is 1. The number of amides is 2. The number of nitrogens with one attached hydrogen (secondary N) is 1. The Morgan fingerprint density at radius 3 is 2.77 bits per heavy atom. The molecule has 2 aliphatic rings. The Kier molecular flexibility index (Phi) is 6.53. The van der Waals surface area contributed by atoms with Crippen molar-refractivity contribution in [2.45, 2.75) is 56.7 Å². The van der Waals surface area contributed by atoms with Gasteiger partial charge in [0.1, 0.15) is 5.75 Å².